The summed E-state index contributed by atoms with van der Waals surface area (Å²) in [7, 11) is 0. The minimum absolute atomic E-state index is 1.22. The van der Waals surface area contributed by atoms with Crippen LogP contribution in [0.25, 0.3) is 0 Å². The Kier molecular flexibility index (Phi) is 2.94. The predicted octanol–water partition coefficient (Wildman–Crippen LogP) is 2.21. The highest BCUT2D eigenvalue weighted by atomic mass is 15.1. The van der Waals surface area contributed by atoms with Crippen molar-refractivity contribution in [3.05, 3.63) is 18.2 Å². The average molecular weight is 138 g/mol. The van der Waals surface area contributed by atoms with Crippen molar-refractivity contribution in [1.29, 1.82) is 0 Å². The molecule has 0 radical (unpaired) electrons. The number of piperidine rings is 1. The van der Waals surface area contributed by atoms with Crippen LogP contribution in [0.2, 0.25) is 0 Å². The second-order valence-electron chi connectivity index (χ2n) is 2.74. The fourth-order valence-electron chi connectivity index (χ4n) is 1.36. The van der Waals surface area contributed by atoms with E-state index in [9.17, 15) is 0 Å². The molecular formula is C9H16N-. The van der Waals surface area contributed by atoms with Gasteiger partial charge >= 0.3 is 0 Å². The molecule has 0 aromatic rings. The maximum atomic E-state index is 2.38. The van der Waals surface area contributed by atoms with Gasteiger partial charge in [0, 0.05) is 0 Å². The van der Waals surface area contributed by atoms with E-state index in [2.05, 4.69) is 31.4 Å². The summed E-state index contributed by atoms with van der Waals surface area (Å²) in [5.74, 6) is 0. The summed E-state index contributed by atoms with van der Waals surface area (Å²) in [5.41, 5.74) is 1.62. The molecule has 1 nitrogen and oxygen atoms in total. The Morgan fingerprint density at radius 1 is 1.40 bits per heavy atom. The second-order valence-corrected chi connectivity index (χ2v) is 2.74. The largest absolute Gasteiger partial charge is 0.456 e. The van der Waals surface area contributed by atoms with Crippen LogP contribution >= 0.6 is 0 Å². The monoisotopic (exact) mass is 138 g/mol. The predicted molar refractivity (Wildman–Crippen MR) is 44.5 cm³/mol. The molecule has 0 aromatic carbocycles. The fourth-order valence-corrected chi connectivity index (χ4v) is 1.36. The number of nitrogens with zero attached hydrogens (tertiary/aromatic N) is 1. The highest BCUT2D eigenvalue weighted by Gasteiger charge is 2.05. The molecule has 0 saturated carbocycles. The molecule has 0 N–H and O–H groups in total. The number of allylic oxidation sites excluding steroid dienone is 1. The SMILES string of the molecule is CC=C1CCN([CH-]C)CC1. The lowest BCUT2D eigenvalue weighted by atomic mass is 10.0. The summed E-state index contributed by atoms with van der Waals surface area (Å²) in [5, 5.41) is 0. The molecule has 1 saturated heterocycles. The van der Waals surface area contributed by atoms with Crippen LogP contribution in [0.4, 0.5) is 0 Å². The van der Waals surface area contributed by atoms with Gasteiger partial charge in [-0.1, -0.05) is 11.6 Å². The van der Waals surface area contributed by atoms with Gasteiger partial charge in [-0.15, -0.1) is 0 Å². The highest BCUT2D eigenvalue weighted by molar-refractivity contribution is 5.04. The lowest BCUT2D eigenvalue weighted by Gasteiger charge is -2.35. The Morgan fingerprint density at radius 2 is 2.00 bits per heavy atom. The van der Waals surface area contributed by atoms with E-state index in [1.807, 2.05) is 0 Å². The molecular weight excluding hydrogens is 122 g/mol. The number of hydrogen-bond acceptors (Lipinski definition) is 1. The maximum absolute atomic E-state index is 2.38. The van der Waals surface area contributed by atoms with Crippen molar-refractivity contribution in [3.8, 4) is 0 Å². The molecule has 1 fully saturated rings. The molecule has 1 heterocycles. The summed E-state index contributed by atoms with van der Waals surface area (Å²) < 4.78 is 0. The number of rotatable bonds is 1. The van der Waals surface area contributed by atoms with E-state index in [1.165, 1.54) is 25.9 Å². The zero-order chi connectivity index (χ0) is 7.40. The van der Waals surface area contributed by atoms with Gasteiger partial charge in [0.15, 0.2) is 0 Å². The van der Waals surface area contributed by atoms with Crippen molar-refractivity contribution in [2.45, 2.75) is 26.7 Å². The molecule has 0 spiro atoms. The van der Waals surface area contributed by atoms with Crippen LogP contribution in [0.3, 0.4) is 0 Å². The van der Waals surface area contributed by atoms with E-state index in [0.29, 0.717) is 0 Å². The number of likely N-dealkylation sites (tertiary alicyclic amines) is 1. The van der Waals surface area contributed by atoms with E-state index in [1.54, 1.807) is 5.57 Å². The third-order valence-electron chi connectivity index (χ3n) is 2.21. The first kappa shape index (κ1) is 7.80. The van der Waals surface area contributed by atoms with Crippen molar-refractivity contribution in [1.82, 2.24) is 4.90 Å². The van der Waals surface area contributed by atoms with Gasteiger partial charge in [0.2, 0.25) is 0 Å². The van der Waals surface area contributed by atoms with Gasteiger partial charge in [-0.25, -0.2) is 0 Å². The van der Waals surface area contributed by atoms with Crippen molar-refractivity contribution < 1.29 is 0 Å². The molecule has 1 heteroatoms. The molecule has 58 valence electrons. The van der Waals surface area contributed by atoms with Gasteiger partial charge in [0.05, 0.1) is 0 Å². The van der Waals surface area contributed by atoms with Crippen molar-refractivity contribution in [2.24, 2.45) is 0 Å². The van der Waals surface area contributed by atoms with Crippen molar-refractivity contribution in [2.75, 3.05) is 13.1 Å². The van der Waals surface area contributed by atoms with Crippen LogP contribution in [0.15, 0.2) is 11.6 Å². The second kappa shape index (κ2) is 3.77. The van der Waals surface area contributed by atoms with Crippen molar-refractivity contribution >= 4 is 0 Å². The van der Waals surface area contributed by atoms with Crippen LogP contribution in [-0.2, 0) is 0 Å². The quantitative estimate of drug-likeness (QED) is 0.396. The van der Waals surface area contributed by atoms with E-state index in [0.717, 1.165) is 0 Å². The first-order valence-corrected chi connectivity index (χ1v) is 4.04. The minimum atomic E-state index is 1.22. The Balaban J connectivity index is 2.31. The van der Waals surface area contributed by atoms with E-state index in [-0.39, 0.29) is 0 Å². The van der Waals surface area contributed by atoms with Crippen LogP contribution in [0, 0.1) is 6.54 Å². The molecule has 0 unspecified atom stereocenters. The summed E-state index contributed by atoms with van der Waals surface area (Å²) >= 11 is 0. The minimum Gasteiger partial charge on any atom is -0.456 e. The molecule has 0 amide bonds. The molecule has 0 bridgehead atoms. The number of hydrogen-bond donors (Lipinski definition) is 0. The Morgan fingerprint density at radius 3 is 2.40 bits per heavy atom. The van der Waals surface area contributed by atoms with Crippen LogP contribution in [-0.4, -0.2) is 18.0 Å². The van der Waals surface area contributed by atoms with Crippen LogP contribution < -0.4 is 0 Å². The smallest absolute Gasteiger partial charge is 0.0216 e. The summed E-state index contributed by atoms with van der Waals surface area (Å²) in [4.78, 5) is 2.38. The van der Waals surface area contributed by atoms with Crippen LogP contribution in [0.5, 0.6) is 0 Å². The Hall–Kier alpha value is -0.300. The normalized spacial score (nSPS) is 21.2. The van der Waals surface area contributed by atoms with Gasteiger partial charge in [0.25, 0.3) is 0 Å². The highest BCUT2D eigenvalue weighted by Crippen LogP contribution is 2.15. The van der Waals surface area contributed by atoms with E-state index >= 15 is 0 Å². The Bertz CT molecular complexity index is 117. The molecule has 1 rings (SSSR count). The molecule has 1 aliphatic rings. The molecule has 10 heavy (non-hydrogen) atoms. The third-order valence-corrected chi connectivity index (χ3v) is 2.21. The standard InChI is InChI=1S/C9H16N/c1-3-9-5-7-10(4-2)8-6-9/h3-4H,5-8H2,1-2H3/q-1. The third kappa shape index (κ3) is 1.84. The van der Waals surface area contributed by atoms with Gasteiger partial charge in [-0.05, 0) is 32.9 Å². The van der Waals surface area contributed by atoms with Gasteiger partial charge in [0.1, 0.15) is 0 Å². The summed E-state index contributed by atoms with van der Waals surface area (Å²) in [6.07, 6.45) is 4.79. The first-order chi connectivity index (χ1) is 4.86. The lowest BCUT2D eigenvalue weighted by molar-refractivity contribution is 0.315. The zero-order valence-electron chi connectivity index (χ0n) is 6.93. The average Bonchev–Trinajstić information content (AvgIpc) is 2.05. The molecule has 0 aliphatic carbocycles. The first-order valence-electron chi connectivity index (χ1n) is 4.04. The summed E-state index contributed by atoms with van der Waals surface area (Å²) in [6, 6.07) is 0. The molecule has 0 atom stereocenters. The molecule has 1 aliphatic heterocycles. The maximum Gasteiger partial charge on any atom is -0.0216 e. The summed E-state index contributed by atoms with van der Waals surface area (Å²) in [6.45, 7) is 8.88. The van der Waals surface area contributed by atoms with Gasteiger partial charge < -0.3 is 4.90 Å². The van der Waals surface area contributed by atoms with E-state index < -0.39 is 0 Å². The topological polar surface area (TPSA) is 3.24 Å². The van der Waals surface area contributed by atoms with Crippen molar-refractivity contribution in [3.63, 3.8) is 0 Å². The van der Waals surface area contributed by atoms with E-state index in [4.69, 9.17) is 0 Å². The lowest BCUT2D eigenvalue weighted by Crippen LogP contribution is -2.27. The van der Waals surface area contributed by atoms with Gasteiger partial charge in [-0.3, -0.25) is 6.54 Å². The fraction of sp³-hybridized carbons (Fsp3) is 0.667. The van der Waals surface area contributed by atoms with Crippen LogP contribution in [0.1, 0.15) is 26.7 Å². The Labute approximate surface area is 63.7 Å². The zero-order valence-corrected chi connectivity index (χ0v) is 6.93. The molecule has 0 aromatic heterocycles. The van der Waals surface area contributed by atoms with Gasteiger partial charge in [-0.2, -0.15) is 6.92 Å².